The van der Waals surface area contributed by atoms with Crippen molar-refractivity contribution in [3.63, 3.8) is 0 Å². The minimum Gasteiger partial charge on any atom is -0.545 e. The number of anilines is 1. The van der Waals surface area contributed by atoms with Gasteiger partial charge in [-0.15, -0.1) is 0 Å². The number of aromatic nitrogens is 2. The van der Waals surface area contributed by atoms with Gasteiger partial charge in [-0.3, -0.25) is 4.79 Å². The van der Waals surface area contributed by atoms with Crippen LogP contribution in [0.5, 0.6) is 0 Å². The number of aromatic carboxylic acids is 1. The zero-order chi connectivity index (χ0) is 19.7. The molecule has 138 valence electrons. The van der Waals surface area contributed by atoms with Crippen molar-refractivity contribution in [3.05, 3.63) is 89.7 Å². The molecule has 0 saturated carbocycles. The Balaban J connectivity index is 1.65. The molecule has 0 saturated heterocycles. The van der Waals surface area contributed by atoms with Crippen LogP contribution in [-0.4, -0.2) is 21.3 Å². The van der Waals surface area contributed by atoms with E-state index in [2.05, 4.69) is 10.3 Å². The number of hydrogen-bond donors (Lipinski definition) is 1. The molecule has 0 fully saturated rings. The van der Waals surface area contributed by atoms with Crippen molar-refractivity contribution in [1.82, 2.24) is 9.38 Å². The Hall–Kier alpha value is -3.93. The minimum atomic E-state index is -1.39. The van der Waals surface area contributed by atoms with Crippen LogP contribution in [-0.2, 0) is 0 Å². The van der Waals surface area contributed by atoms with E-state index in [-0.39, 0.29) is 11.1 Å². The number of rotatable bonds is 4. The second kappa shape index (κ2) is 7.00. The predicted octanol–water partition coefficient (Wildman–Crippen LogP) is 2.93. The summed E-state index contributed by atoms with van der Waals surface area (Å²) >= 11 is 0. The molecule has 1 N–H and O–H groups in total. The Kier molecular flexibility index (Phi) is 4.37. The van der Waals surface area contributed by atoms with Crippen LogP contribution in [0.25, 0.3) is 16.9 Å². The van der Waals surface area contributed by atoms with Gasteiger partial charge < -0.3 is 19.6 Å². The quantitative estimate of drug-likeness (QED) is 0.598. The number of benzene rings is 2. The van der Waals surface area contributed by atoms with Gasteiger partial charge in [0.2, 0.25) is 0 Å². The lowest BCUT2D eigenvalue weighted by Crippen LogP contribution is -2.26. The Morgan fingerprint density at radius 2 is 1.71 bits per heavy atom. The summed E-state index contributed by atoms with van der Waals surface area (Å²) in [7, 11) is 0. The van der Waals surface area contributed by atoms with Gasteiger partial charge in [0.1, 0.15) is 5.65 Å². The maximum atomic E-state index is 12.6. The molecule has 4 aromatic rings. The smallest absolute Gasteiger partial charge is 0.256 e. The molecule has 0 bridgehead atoms. The molecule has 6 heteroatoms. The number of carbonyl (C=O) groups is 2. The number of carboxylic acids is 1. The van der Waals surface area contributed by atoms with Gasteiger partial charge in [0.05, 0.1) is 11.7 Å². The molecular weight excluding hydrogens is 354 g/mol. The molecule has 6 nitrogen and oxygen atoms in total. The number of amides is 1. The number of fused-ring (bicyclic) bond motifs is 1. The highest BCUT2D eigenvalue weighted by atomic mass is 16.4. The molecule has 0 aliphatic carbocycles. The maximum Gasteiger partial charge on any atom is 0.256 e. The van der Waals surface area contributed by atoms with Crippen LogP contribution in [0, 0.1) is 6.92 Å². The summed E-state index contributed by atoms with van der Waals surface area (Å²) in [5.74, 6) is -1.90. The van der Waals surface area contributed by atoms with Gasteiger partial charge in [0, 0.05) is 34.3 Å². The Morgan fingerprint density at radius 3 is 2.46 bits per heavy atom. The second-order valence-electron chi connectivity index (χ2n) is 6.39. The van der Waals surface area contributed by atoms with E-state index in [9.17, 15) is 14.7 Å². The van der Waals surface area contributed by atoms with Gasteiger partial charge in [-0.05, 0) is 37.3 Å². The normalized spacial score (nSPS) is 10.8. The third-order valence-electron chi connectivity index (χ3n) is 4.50. The van der Waals surface area contributed by atoms with Crippen LogP contribution in [0.15, 0.2) is 72.9 Å². The lowest BCUT2D eigenvalue weighted by Gasteiger charge is -2.11. The highest BCUT2D eigenvalue weighted by molar-refractivity contribution is 6.10. The first-order chi connectivity index (χ1) is 13.5. The lowest BCUT2D eigenvalue weighted by atomic mass is 10.1. The largest absolute Gasteiger partial charge is 0.545 e. The van der Waals surface area contributed by atoms with Gasteiger partial charge in [0.25, 0.3) is 5.91 Å². The number of imidazole rings is 1. The third kappa shape index (κ3) is 3.23. The van der Waals surface area contributed by atoms with Crippen molar-refractivity contribution in [2.75, 3.05) is 5.32 Å². The van der Waals surface area contributed by atoms with Crippen molar-refractivity contribution in [1.29, 1.82) is 0 Å². The SMILES string of the molecule is Cc1cccc2nc(-c3cccc(NC(=O)c4ccccc4C(=O)[O-])c3)cn12. The molecule has 0 spiro atoms. The maximum absolute atomic E-state index is 12.6. The van der Waals surface area contributed by atoms with E-state index in [1.165, 1.54) is 12.1 Å². The first-order valence-electron chi connectivity index (χ1n) is 8.70. The number of carbonyl (C=O) groups excluding carboxylic acids is 2. The van der Waals surface area contributed by atoms with Crippen LogP contribution in [0.1, 0.15) is 26.4 Å². The molecule has 2 heterocycles. The lowest BCUT2D eigenvalue weighted by molar-refractivity contribution is -0.255. The van der Waals surface area contributed by atoms with Crippen LogP contribution >= 0.6 is 0 Å². The summed E-state index contributed by atoms with van der Waals surface area (Å²) in [5, 5.41) is 14.0. The summed E-state index contributed by atoms with van der Waals surface area (Å²) in [6, 6.07) is 19.1. The first-order valence-corrected chi connectivity index (χ1v) is 8.70. The predicted molar refractivity (Wildman–Crippen MR) is 104 cm³/mol. The van der Waals surface area contributed by atoms with E-state index < -0.39 is 11.9 Å². The zero-order valence-corrected chi connectivity index (χ0v) is 15.0. The standard InChI is InChI=1S/C22H17N3O3/c1-14-6-4-11-20-24-19(13-25(14)20)15-7-5-8-16(12-15)23-21(26)17-9-2-3-10-18(17)22(27)28/h2-13H,1H3,(H,23,26)(H,27,28)/p-1. The molecule has 28 heavy (non-hydrogen) atoms. The van der Waals surface area contributed by atoms with Gasteiger partial charge >= 0.3 is 0 Å². The molecule has 2 aromatic carbocycles. The molecule has 0 aliphatic heterocycles. The summed E-state index contributed by atoms with van der Waals surface area (Å²) in [4.78, 5) is 28.4. The summed E-state index contributed by atoms with van der Waals surface area (Å²) < 4.78 is 2.00. The average Bonchev–Trinajstić information content (AvgIpc) is 3.14. The fourth-order valence-electron chi connectivity index (χ4n) is 3.10. The van der Waals surface area contributed by atoms with Crippen molar-refractivity contribution >= 4 is 23.2 Å². The van der Waals surface area contributed by atoms with Crippen molar-refractivity contribution in [2.24, 2.45) is 0 Å². The number of nitrogens with one attached hydrogen (secondary N) is 1. The number of aryl methyl sites for hydroxylation is 1. The van der Waals surface area contributed by atoms with Crippen LogP contribution in [0.3, 0.4) is 0 Å². The van der Waals surface area contributed by atoms with E-state index in [1.807, 2.05) is 47.9 Å². The Bertz CT molecular complexity index is 1210. The van der Waals surface area contributed by atoms with Crippen LogP contribution in [0.4, 0.5) is 5.69 Å². The molecule has 2 aromatic heterocycles. The van der Waals surface area contributed by atoms with Crippen molar-refractivity contribution in [2.45, 2.75) is 6.92 Å². The molecule has 0 radical (unpaired) electrons. The molecule has 0 unspecified atom stereocenters. The monoisotopic (exact) mass is 370 g/mol. The van der Waals surface area contributed by atoms with Gasteiger partial charge in [-0.25, -0.2) is 4.98 Å². The summed E-state index contributed by atoms with van der Waals surface area (Å²) in [5.41, 5.74) is 3.98. The molecular formula is C22H16N3O3-. The first kappa shape index (κ1) is 17.5. The van der Waals surface area contributed by atoms with E-state index in [0.29, 0.717) is 5.69 Å². The topological polar surface area (TPSA) is 86.5 Å². The minimum absolute atomic E-state index is 0.0521. The fraction of sp³-hybridized carbons (Fsp3) is 0.0455. The molecule has 4 rings (SSSR count). The highest BCUT2D eigenvalue weighted by Crippen LogP contribution is 2.23. The Labute approximate surface area is 161 Å². The van der Waals surface area contributed by atoms with E-state index in [4.69, 9.17) is 0 Å². The third-order valence-corrected chi connectivity index (χ3v) is 4.50. The summed E-state index contributed by atoms with van der Waals surface area (Å²) in [6.45, 7) is 2.00. The fourth-order valence-corrected chi connectivity index (χ4v) is 3.10. The van der Waals surface area contributed by atoms with Gasteiger partial charge in [-0.1, -0.05) is 36.4 Å². The van der Waals surface area contributed by atoms with E-state index >= 15 is 0 Å². The van der Waals surface area contributed by atoms with Crippen LogP contribution < -0.4 is 10.4 Å². The second-order valence-corrected chi connectivity index (χ2v) is 6.39. The van der Waals surface area contributed by atoms with Crippen LogP contribution in [0.2, 0.25) is 0 Å². The number of nitrogens with zero attached hydrogens (tertiary/aromatic N) is 2. The Morgan fingerprint density at radius 1 is 0.964 bits per heavy atom. The number of pyridine rings is 1. The van der Waals surface area contributed by atoms with E-state index in [0.717, 1.165) is 22.6 Å². The van der Waals surface area contributed by atoms with E-state index in [1.54, 1.807) is 24.3 Å². The van der Waals surface area contributed by atoms with Crippen molar-refractivity contribution in [3.8, 4) is 11.3 Å². The van der Waals surface area contributed by atoms with Crippen molar-refractivity contribution < 1.29 is 14.7 Å². The summed E-state index contributed by atoms with van der Waals surface area (Å²) in [6.07, 6.45) is 1.94. The average molecular weight is 370 g/mol. The zero-order valence-electron chi connectivity index (χ0n) is 15.0. The molecule has 1 amide bonds. The molecule has 0 atom stereocenters. The van der Waals surface area contributed by atoms with Gasteiger partial charge in [0.15, 0.2) is 0 Å². The number of carboxylic acid groups (broad SMARTS) is 1. The van der Waals surface area contributed by atoms with Gasteiger partial charge in [-0.2, -0.15) is 0 Å². The number of hydrogen-bond acceptors (Lipinski definition) is 4. The molecule has 0 aliphatic rings. The highest BCUT2D eigenvalue weighted by Gasteiger charge is 2.13.